The molecule has 0 N–H and O–H groups in total. The Kier molecular flexibility index (Phi) is 8.74. The van der Waals surface area contributed by atoms with Crippen molar-refractivity contribution in [2.75, 3.05) is 0 Å². The van der Waals surface area contributed by atoms with Gasteiger partial charge >= 0.3 is 209 Å². The molecule has 0 spiro atoms. The fraction of sp³-hybridized carbons (Fsp3) is 0.484. The van der Waals surface area contributed by atoms with E-state index in [1.165, 1.54) is 33.4 Å². The minimum absolute atomic E-state index is 0. The van der Waals surface area contributed by atoms with Gasteiger partial charge in [0.05, 0.1) is 0 Å². The van der Waals surface area contributed by atoms with E-state index in [4.69, 9.17) is 0 Å². The molecule has 2 aromatic rings. The van der Waals surface area contributed by atoms with Crippen LogP contribution in [0.1, 0.15) is 91.5 Å². The van der Waals surface area contributed by atoms with Gasteiger partial charge in [-0.05, 0) is 0 Å². The topological polar surface area (TPSA) is 0 Å². The molecule has 3 heteroatoms. The van der Waals surface area contributed by atoms with E-state index in [0.717, 1.165) is 6.42 Å². The summed E-state index contributed by atoms with van der Waals surface area (Å²) in [6.07, 6.45) is 6.19. The minimum atomic E-state index is -0.869. The van der Waals surface area contributed by atoms with E-state index in [9.17, 15) is 0 Å². The van der Waals surface area contributed by atoms with Gasteiger partial charge < -0.3 is 24.8 Å². The van der Waals surface area contributed by atoms with Gasteiger partial charge in [0, 0.05) is 0 Å². The van der Waals surface area contributed by atoms with Gasteiger partial charge in [0.1, 0.15) is 0 Å². The predicted octanol–water partition coefficient (Wildman–Crippen LogP) is 2.07. The van der Waals surface area contributed by atoms with Crippen molar-refractivity contribution >= 4 is 3.27 Å². The summed E-state index contributed by atoms with van der Waals surface area (Å²) in [7, 11) is 0. The quantitative estimate of drug-likeness (QED) is 0.440. The van der Waals surface area contributed by atoms with Gasteiger partial charge in [-0.25, -0.2) is 0 Å². The summed E-state index contributed by atoms with van der Waals surface area (Å²) < 4.78 is 3.43. The second kappa shape index (κ2) is 10.0. The van der Waals surface area contributed by atoms with Crippen molar-refractivity contribution in [3.8, 4) is 11.1 Å². The van der Waals surface area contributed by atoms with Crippen LogP contribution in [0.4, 0.5) is 0 Å². The molecule has 0 fully saturated rings. The SMILES string of the molecule is CC1C=C(C(C)(C)C)C=[C]1[Zr+2][c]1cc(C(C)(C)C)cc2c1Cc1ccc(C(C)(C)C)cc1-2.[Cl-].[Cl-]. The molecular formula is C31H40Cl2Zr. The zero-order valence-corrected chi connectivity index (χ0v) is 26.6. The maximum absolute atomic E-state index is 2.59. The predicted molar refractivity (Wildman–Crippen MR) is 137 cm³/mol. The van der Waals surface area contributed by atoms with E-state index < -0.39 is 23.2 Å². The van der Waals surface area contributed by atoms with Gasteiger partial charge in [-0.3, -0.25) is 0 Å². The van der Waals surface area contributed by atoms with Crippen LogP contribution in [-0.2, 0) is 40.5 Å². The molecule has 4 rings (SSSR count). The Bertz CT molecular complexity index is 1130. The molecule has 1 atom stereocenters. The number of benzene rings is 2. The number of halogens is 2. The maximum atomic E-state index is 2.59. The van der Waals surface area contributed by atoms with Crippen molar-refractivity contribution in [2.24, 2.45) is 11.3 Å². The average Bonchev–Trinajstić information content (AvgIpc) is 3.20. The maximum Gasteiger partial charge on any atom is -1.00 e. The van der Waals surface area contributed by atoms with Crippen molar-refractivity contribution in [1.82, 2.24) is 0 Å². The summed E-state index contributed by atoms with van der Waals surface area (Å²) in [5.41, 5.74) is 11.2. The first kappa shape index (κ1) is 29.6. The molecule has 1 unspecified atom stereocenters. The summed E-state index contributed by atoms with van der Waals surface area (Å²) in [5.74, 6) is 0.598. The molecule has 2 aliphatic rings. The Morgan fingerprint density at radius 2 is 1.32 bits per heavy atom. The van der Waals surface area contributed by atoms with Gasteiger partial charge in [-0.15, -0.1) is 0 Å². The standard InChI is InChI=1S/C21H25.C10H15.2ClH.Zr/c1-20(2,3)16-9-7-14-11-15-8-10-17(21(4,5)6)13-19(15)18(14)12-16;1-8-5-6-9(7-8)10(2,3)4;;;/h7,9-10,12-13H,11H2,1-6H3;6-8H,1-4H3;2*1H;/q;;;;+2/p-2. The van der Waals surface area contributed by atoms with Gasteiger partial charge in [0.2, 0.25) is 0 Å². The largest absolute Gasteiger partial charge is 1.00 e. The first-order chi connectivity index (χ1) is 14.6. The molecule has 0 saturated carbocycles. The first-order valence-corrected chi connectivity index (χ1v) is 14.6. The second-order valence-electron chi connectivity index (χ2n) is 13.0. The van der Waals surface area contributed by atoms with E-state index >= 15 is 0 Å². The second-order valence-corrected chi connectivity index (χ2v) is 16.3. The fourth-order valence-electron chi connectivity index (χ4n) is 4.76. The minimum Gasteiger partial charge on any atom is -1.00 e. The molecule has 0 heterocycles. The number of fused-ring (bicyclic) bond motifs is 3. The van der Waals surface area contributed by atoms with E-state index in [1.807, 2.05) is 0 Å². The van der Waals surface area contributed by atoms with Crippen LogP contribution in [0, 0.1) is 11.3 Å². The van der Waals surface area contributed by atoms with Crippen molar-refractivity contribution < 1.29 is 48.0 Å². The van der Waals surface area contributed by atoms with Gasteiger partial charge in [0.15, 0.2) is 0 Å². The smallest absolute Gasteiger partial charge is 1.00 e. The van der Waals surface area contributed by atoms with Gasteiger partial charge in [-0.1, -0.05) is 0 Å². The molecule has 0 radical (unpaired) electrons. The Balaban J connectivity index is 0.00000204. The van der Waals surface area contributed by atoms with E-state index in [1.54, 1.807) is 12.1 Å². The third-order valence-corrected chi connectivity index (χ3v) is 11.1. The molecule has 0 aliphatic heterocycles. The van der Waals surface area contributed by atoms with Gasteiger partial charge in [0.25, 0.3) is 0 Å². The van der Waals surface area contributed by atoms with Crippen molar-refractivity contribution in [3.05, 3.63) is 73.6 Å². The van der Waals surface area contributed by atoms with Crippen LogP contribution in [-0.4, -0.2) is 0 Å². The normalized spacial score (nSPS) is 17.1. The van der Waals surface area contributed by atoms with Crippen LogP contribution in [0.2, 0.25) is 0 Å². The molecule has 2 aromatic carbocycles. The van der Waals surface area contributed by atoms with Crippen LogP contribution >= 0.6 is 0 Å². The molecule has 2 aliphatic carbocycles. The number of allylic oxidation sites excluding steroid dienone is 4. The monoisotopic (exact) mass is 572 g/mol. The summed E-state index contributed by atoms with van der Waals surface area (Å²) in [5, 5.41) is 0. The summed E-state index contributed by atoms with van der Waals surface area (Å²) in [4.78, 5) is 0. The first-order valence-electron chi connectivity index (χ1n) is 12.2. The Hall–Kier alpha value is -0.617. The van der Waals surface area contributed by atoms with Crippen LogP contribution < -0.4 is 28.1 Å². The average molecular weight is 575 g/mol. The van der Waals surface area contributed by atoms with Crippen LogP contribution in [0.3, 0.4) is 0 Å². The molecule has 0 saturated heterocycles. The Morgan fingerprint density at radius 1 is 0.735 bits per heavy atom. The third-order valence-electron chi connectivity index (χ3n) is 7.13. The molecule has 0 nitrogen and oxygen atoms in total. The van der Waals surface area contributed by atoms with Crippen molar-refractivity contribution in [3.63, 3.8) is 0 Å². The number of rotatable bonds is 2. The van der Waals surface area contributed by atoms with Crippen LogP contribution in [0.25, 0.3) is 11.1 Å². The Labute approximate surface area is 232 Å². The summed E-state index contributed by atoms with van der Waals surface area (Å²) in [6, 6.07) is 12.3. The molecular weight excluding hydrogens is 534 g/mol. The molecule has 0 amide bonds. The van der Waals surface area contributed by atoms with Gasteiger partial charge in [-0.2, -0.15) is 0 Å². The fourth-order valence-corrected chi connectivity index (χ4v) is 8.33. The molecule has 34 heavy (non-hydrogen) atoms. The van der Waals surface area contributed by atoms with Crippen LogP contribution in [0.5, 0.6) is 0 Å². The summed E-state index contributed by atoms with van der Waals surface area (Å²) >= 11 is -0.869. The number of hydrogen-bond donors (Lipinski definition) is 0. The van der Waals surface area contributed by atoms with Crippen molar-refractivity contribution in [1.29, 1.82) is 0 Å². The Morgan fingerprint density at radius 3 is 1.85 bits per heavy atom. The molecule has 182 valence electrons. The zero-order chi connectivity index (χ0) is 23.6. The third kappa shape index (κ3) is 5.85. The van der Waals surface area contributed by atoms with Crippen LogP contribution in [0.15, 0.2) is 51.3 Å². The van der Waals surface area contributed by atoms with E-state index in [-0.39, 0.29) is 41.1 Å². The van der Waals surface area contributed by atoms with E-state index in [2.05, 4.69) is 112 Å². The zero-order valence-electron chi connectivity index (χ0n) is 22.6. The van der Waals surface area contributed by atoms with E-state index in [0.29, 0.717) is 5.92 Å². The number of hydrogen-bond acceptors (Lipinski definition) is 0. The molecule has 0 aromatic heterocycles. The van der Waals surface area contributed by atoms with Crippen molar-refractivity contribution in [2.45, 2.75) is 86.5 Å². The summed E-state index contributed by atoms with van der Waals surface area (Å²) in [6.45, 7) is 23.5. The molecule has 0 bridgehead atoms.